The fourth-order valence-corrected chi connectivity index (χ4v) is 8.46. The van der Waals surface area contributed by atoms with Gasteiger partial charge in [-0.15, -0.1) is 0 Å². The second kappa shape index (κ2) is 10.00. The van der Waals surface area contributed by atoms with Crippen LogP contribution in [0, 0.1) is 0 Å². The summed E-state index contributed by atoms with van der Waals surface area (Å²) in [5, 5.41) is 13.7. The molecule has 0 N–H and O–H groups in total. The molecular weight excluding hydrogens is 593 g/mol. The van der Waals surface area contributed by atoms with Crippen LogP contribution in [0.25, 0.3) is 104 Å². The average Bonchev–Trinajstić information content (AvgIpc) is 3.56. The van der Waals surface area contributed by atoms with Crippen molar-refractivity contribution in [3.8, 4) is 22.3 Å². The molecule has 2 nitrogen and oxygen atoms in total. The third-order valence-corrected chi connectivity index (χ3v) is 10.5. The van der Waals surface area contributed by atoms with Gasteiger partial charge < -0.3 is 0 Å². The predicted molar refractivity (Wildman–Crippen MR) is 209 cm³/mol. The zero-order valence-electron chi connectivity index (χ0n) is 26.6. The Morgan fingerprint density at radius 1 is 0.367 bits per heavy atom. The maximum atomic E-state index is 5.19. The van der Waals surface area contributed by atoms with E-state index in [-0.39, 0.29) is 0 Å². The van der Waals surface area contributed by atoms with E-state index in [0.717, 1.165) is 22.2 Å². The van der Waals surface area contributed by atoms with Crippen molar-refractivity contribution >= 4 is 81.4 Å². The van der Waals surface area contributed by atoms with Crippen molar-refractivity contribution in [2.45, 2.75) is 0 Å². The standard InChI is InChI=1S/C47H28N2/c1-3-15-32-29(12-1)14-11-21-34(32)46-37-19-7-5-17-35(37)44(36-18-6-8-20-38(36)46)31-25-27-42-40(28-31)45-33-16-4-2-13-30(33)24-26-39(45)47-48-41-22-9-10-23-43(41)49(42)47/h1-28H. The largest absolute Gasteiger partial charge is 0.292 e. The molecule has 0 aliphatic heterocycles. The van der Waals surface area contributed by atoms with Gasteiger partial charge in [0.1, 0.15) is 5.65 Å². The van der Waals surface area contributed by atoms with Crippen LogP contribution in [0.3, 0.4) is 0 Å². The molecule has 0 bridgehead atoms. The van der Waals surface area contributed by atoms with Crippen LogP contribution in [0.1, 0.15) is 0 Å². The third kappa shape index (κ3) is 3.69. The van der Waals surface area contributed by atoms with Gasteiger partial charge in [-0.25, -0.2) is 4.98 Å². The van der Waals surface area contributed by atoms with Crippen molar-refractivity contribution in [1.29, 1.82) is 0 Å². The van der Waals surface area contributed by atoms with Gasteiger partial charge in [-0.1, -0.05) is 140 Å². The normalized spacial score (nSPS) is 12.1. The van der Waals surface area contributed by atoms with E-state index in [4.69, 9.17) is 4.98 Å². The monoisotopic (exact) mass is 620 g/mol. The van der Waals surface area contributed by atoms with Gasteiger partial charge in [0.05, 0.1) is 16.6 Å². The van der Waals surface area contributed by atoms with E-state index in [0.29, 0.717) is 0 Å². The van der Waals surface area contributed by atoms with Gasteiger partial charge in [0.15, 0.2) is 0 Å². The van der Waals surface area contributed by atoms with Crippen LogP contribution in [0.4, 0.5) is 0 Å². The van der Waals surface area contributed by atoms with Gasteiger partial charge in [-0.2, -0.15) is 0 Å². The molecule has 2 aromatic heterocycles. The summed E-state index contributed by atoms with van der Waals surface area (Å²) in [6.07, 6.45) is 0. The topological polar surface area (TPSA) is 17.3 Å². The first-order valence-corrected chi connectivity index (χ1v) is 16.9. The maximum Gasteiger partial charge on any atom is 0.146 e. The van der Waals surface area contributed by atoms with Crippen molar-refractivity contribution < 1.29 is 0 Å². The SMILES string of the molecule is c1ccc2c(-c3c4ccccc4c(-c4ccc5c(c4)c4c6ccccc6ccc4c4nc6ccccc6n54)c4ccccc34)cccc2c1. The highest BCUT2D eigenvalue weighted by Crippen LogP contribution is 2.46. The van der Waals surface area contributed by atoms with Crippen LogP contribution in [-0.4, -0.2) is 9.38 Å². The number of pyridine rings is 1. The van der Waals surface area contributed by atoms with Crippen LogP contribution < -0.4 is 0 Å². The lowest BCUT2D eigenvalue weighted by molar-refractivity contribution is 1.32. The molecule has 11 aromatic rings. The Labute approximate surface area is 282 Å². The Morgan fingerprint density at radius 3 is 1.71 bits per heavy atom. The minimum atomic E-state index is 0.998. The maximum absolute atomic E-state index is 5.19. The summed E-state index contributed by atoms with van der Waals surface area (Å²) in [4.78, 5) is 5.19. The summed E-state index contributed by atoms with van der Waals surface area (Å²) in [5.41, 5.74) is 9.33. The lowest BCUT2D eigenvalue weighted by Crippen LogP contribution is -1.94. The Bertz CT molecular complexity index is 3100. The molecule has 2 heteroatoms. The molecule has 0 aliphatic carbocycles. The van der Waals surface area contributed by atoms with Crippen molar-refractivity contribution in [3.63, 3.8) is 0 Å². The molecule has 226 valence electrons. The molecule has 0 unspecified atom stereocenters. The number of fused-ring (bicyclic) bond motifs is 13. The quantitative estimate of drug-likeness (QED) is 0.139. The third-order valence-electron chi connectivity index (χ3n) is 10.5. The molecule has 0 aliphatic rings. The second-order valence-electron chi connectivity index (χ2n) is 13.1. The predicted octanol–water partition coefficient (Wildman–Crippen LogP) is 12.7. The highest BCUT2D eigenvalue weighted by molar-refractivity contribution is 6.27. The van der Waals surface area contributed by atoms with E-state index in [1.807, 2.05) is 0 Å². The first-order valence-electron chi connectivity index (χ1n) is 16.9. The number of hydrogen-bond donors (Lipinski definition) is 0. The average molecular weight is 621 g/mol. The number of rotatable bonds is 2. The Balaban J connectivity index is 1.31. The van der Waals surface area contributed by atoms with E-state index in [2.05, 4.69) is 174 Å². The lowest BCUT2D eigenvalue weighted by atomic mass is 9.84. The highest BCUT2D eigenvalue weighted by atomic mass is 15.0. The van der Waals surface area contributed by atoms with Gasteiger partial charge in [0.2, 0.25) is 0 Å². The van der Waals surface area contributed by atoms with Crippen molar-refractivity contribution in [2.75, 3.05) is 0 Å². The van der Waals surface area contributed by atoms with Crippen LogP contribution in [0.2, 0.25) is 0 Å². The summed E-state index contributed by atoms with van der Waals surface area (Å²) >= 11 is 0. The van der Waals surface area contributed by atoms with Crippen molar-refractivity contribution in [2.24, 2.45) is 0 Å². The zero-order valence-corrected chi connectivity index (χ0v) is 26.6. The number of hydrogen-bond acceptors (Lipinski definition) is 1. The minimum Gasteiger partial charge on any atom is -0.292 e. The van der Waals surface area contributed by atoms with Crippen molar-refractivity contribution in [3.05, 3.63) is 170 Å². The van der Waals surface area contributed by atoms with E-state index in [1.54, 1.807) is 0 Å². The van der Waals surface area contributed by atoms with E-state index >= 15 is 0 Å². The summed E-state index contributed by atoms with van der Waals surface area (Å²) in [6.45, 7) is 0. The summed E-state index contributed by atoms with van der Waals surface area (Å²) < 4.78 is 2.35. The fourth-order valence-electron chi connectivity index (χ4n) is 8.46. The number of benzene rings is 9. The molecule has 11 rings (SSSR count). The molecule has 0 spiro atoms. The van der Waals surface area contributed by atoms with Gasteiger partial charge >= 0.3 is 0 Å². The van der Waals surface area contributed by atoms with E-state index in [9.17, 15) is 0 Å². The smallest absolute Gasteiger partial charge is 0.146 e. The summed E-state index contributed by atoms with van der Waals surface area (Å²) in [6, 6.07) is 62.1. The number of para-hydroxylation sites is 2. The number of nitrogens with zero attached hydrogens (tertiary/aromatic N) is 2. The molecular formula is C47H28N2. The minimum absolute atomic E-state index is 0.998. The molecule has 0 fully saturated rings. The molecule has 2 heterocycles. The number of imidazole rings is 1. The molecule has 0 saturated carbocycles. The van der Waals surface area contributed by atoms with Crippen LogP contribution in [0.5, 0.6) is 0 Å². The number of aromatic nitrogens is 2. The molecule has 9 aromatic carbocycles. The lowest BCUT2D eigenvalue weighted by Gasteiger charge is -2.19. The first kappa shape index (κ1) is 26.5. The molecule has 0 atom stereocenters. The molecule has 0 saturated heterocycles. The molecule has 0 radical (unpaired) electrons. The van der Waals surface area contributed by atoms with Crippen LogP contribution in [-0.2, 0) is 0 Å². The second-order valence-corrected chi connectivity index (χ2v) is 13.1. The van der Waals surface area contributed by atoms with Gasteiger partial charge in [0.25, 0.3) is 0 Å². The van der Waals surface area contributed by atoms with Gasteiger partial charge in [-0.05, 0) is 95.7 Å². The fraction of sp³-hybridized carbons (Fsp3) is 0. The summed E-state index contributed by atoms with van der Waals surface area (Å²) in [5.74, 6) is 0. The summed E-state index contributed by atoms with van der Waals surface area (Å²) in [7, 11) is 0. The van der Waals surface area contributed by atoms with E-state index in [1.165, 1.54) is 81.5 Å². The van der Waals surface area contributed by atoms with Gasteiger partial charge in [0, 0.05) is 16.2 Å². The van der Waals surface area contributed by atoms with E-state index < -0.39 is 0 Å². The van der Waals surface area contributed by atoms with Gasteiger partial charge in [-0.3, -0.25) is 4.40 Å². The van der Waals surface area contributed by atoms with Crippen molar-refractivity contribution in [1.82, 2.24) is 9.38 Å². The van der Waals surface area contributed by atoms with Crippen LogP contribution in [0.15, 0.2) is 170 Å². The first-order chi connectivity index (χ1) is 24.3. The van der Waals surface area contributed by atoms with Crippen LogP contribution >= 0.6 is 0 Å². The Hall–Kier alpha value is -6.51. The zero-order chi connectivity index (χ0) is 32.1. The Kier molecular flexibility index (Phi) is 5.42. The highest BCUT2D eigenvalue weighted by Gasteiger charge is 2.20. The molecule has 0 amide bonds. The Morgan fingerprint density at radius 2 is 0.959 bits per heavy atom. The molecule has 49 heavy (non-hydrogen) atoms.